The summed E-state index contributed by atoms with van der Waals surface area (Å²) in [5.74, 6) is -0.664. The van der Waals surface area contributed by atoms with Crippen LogP contribution in [0.1, 0.15) is 5.56 Å². The van der Waals surface area contributed by atoms with Crippen LogP contribution < -0.4 is 14.2 Å². The van der Waals surface area contributed by atoms with Crippen LogP contribution in [0, 0.1) is 0 Å². The monoisotopic (exact) mass is 463 g/mol. The molecule has 8 nitrogen and oxygen atoms in total. The van der Waals surface area contributed by atoms with Gasteiger partial charge in [-0.05, 0) is 47.7 Å². The predicted molar refractivity (Wildman–Crippen MR) is 116 cm³/mol. The molecule has 0 spiro atoms. The molecule has 1 fully saturated rings. The lowest BCUT2D eigenvalue weighted by atomic mass is 10.1. The number of thioether (sulfide) groups is 1. The van der Waals surface area contributed by atoms with Gasteiger partial charge < -0.3 is 19.3 Å². The molecule has 0 aromatic heterocycles. The Balaban J connectivity index is 1.71. The Morgan fingerprint density at radius 3 is 2.61 bits per heavy atom. The maximum atomic E-state index is 12.7. The van der Waals surface area contributed by atoms with Crippen molar-refractivity contribution in [3.05, 3.63) is 58.0 Å². The lowest BCUT2D eigenvalue weighted by Crippen LogP contribution is -2.32. The molecule has 1 saturated heterocycles. The molecule has 31 heavy (non-hydrogen) atoms. The maximum absolute atomic E-state index is 12.7. The lowest BCUT2D eigenvalue weighted by molar-refractivity contribution is -0.139. The first kappa shape index (κ1) is 22.5. The number of ether oxygens (including phenoxy) is 3. The van der Waals surface area contributed by atoms with Gasteiger partial charge in [0.1, 0.15) is 12.4 Å². The average molecular weight is 464 g/mol. The van der Waals surface area contributed by atoms with E-state index >= 15 is 0 Å². The zero-order valence-electron chi connectivity index (χ0n) is 16.4. The minimum atomic E-state index is -1.16. The van der Waals surface area contributed by atoms with Crippen LogP contribution in [0.5, 0.6) is 17.2 Å². The summed E-state index contributed by atoms with van der Waals surface area (Å²) in [6.45, 7) is -0.299. The van der Waals surface area contributed by atoms with Gasteiger partial charge in [0.05, 0.1) is 23.6 Å². The summed E-state index contributed by atoms with van der Waals surface area (Å²) in [5.41, 5.74) is 0.496. The number of hydrogen-bond acceptors (Lipinski definition) is 7. The third kappa shape index (κ3) is 5.71. The van der Waals surface area contributed by atoms with E-state index < -0.39 is 23.7 Å². The van der Waals surface area contributed by atoms with Crippen LogP contribution in [0.2, 0.25) is 5.02 Å². The summed E-state index contributed by atoms with van der Waals surface area (Å²) >= 11 is 7.00. The number of carbonyl (C=O) groups excluding carboxylic acids is 2. The van der Waals surface area contributed by atoms with Gasteiger partial charge in [-0.25, -0.2) is 4.79 Å². The van der Waals surface area contributed by atoms with Crippen molar-refractivity contribution in [1.82, 2.24) is 4.90 Å². The molecule has 0 bridgehead atoms. The Bertz CT molecular complexity index is 1030. The second-order valence-corrected chi connectivity index (χ2v) is 7.61. The highest BCUT2D eigenvalue weighted by atomic mass is 35.5. The van der Waals surface area contributed by atoms with E-state index in [1.165, 1.54) is 25.3 Å². The van der Waals surface area contributed by atoms with Gasteiger partial charge in [-0.15, -0.1) is 0 Å². The zero-order chi connectivity index (χ0) is 22.4. The van der Waals surface area contributed by atoms with E-state index in [1.807, 2.05) is 18.2 Å². The fourth-order valence-corrected chi connectivity index (χ4v) is 3.85. The normalized spacial score (nSPS) is 14.8. The van der Waals surface area contributed by atoms with Gasteiger partial charge in [-0.2, -0.15) is 0 Å². The molecule has 162 valence electrons. The minimum Gasteiger partial charge on any atom is -0.493 e. The van der Waals surface area contributed by atoms with Crippen LogP contribution in [-0.4, -0.2) is 54.0 Å². The number of imide groups is 1. The molecule has 10 heteroatoms. The first-order valence-corrected chi connectivity index (χ1v) is 10.2. The average Bonchev–Trinajstić information content (AvgIpc) is 3.00. The number of carboxylic acids is 1. The van der Waals surface area contributed by atoms with E-state index in [-0.39, 0.29) is 34.6 Å². The van der Waals surface area contributed by atoms with Crippen molar-refractivity contribution in [2.45, 2.75) is 0 Å². The van der Waals surface area contributed by atoms with E-state index in [1.54, 1.807) is 12.1 Å². The molecule has 1 aliphatic rings. The Labute approximate surface area is 187 Å². The van der Waals surface area contributed by atoms with Gasteiger partial charge in [0.25, 0.3) is 11.1 Å². The van der Waals surface area contributed by atoms with Crippen LogP contribution in [-0.2, 0) is 9.59 Å². The highest BCUT2D eigenvalue weighted by Crippen LogP contribution is 2.39. The summed E-state index contributed by atoms with van der Waals surface area (Å²) in [6, 6.07) is 12.1. The van der Waals surface area contributed by atoms with Gasteiger partial charge in [0, 0.05) is 0 Å². The Morgan fingerprint density at radius 2 is 1.94 bits per heavy atom. The number of benzene rings is 2. The molecule has 2 aromatic rings. The third-order valence-corrected chi connectivity index (χ3v) is 5.28. The SMILES string of the molecule is COc1cc(/C=C2\SC(=O)N(CCOc3ccccc3)C2=O)cc(Cl)c1OCC(=O)O. The number of aliphatic carboxylic acids is 1. The Morgan fingerprint density at radius 1 is 1.19 bits per heavy atom. The van der Waals surface area contributed by atoms with Gasteiger partial charge in [0.2, 0.25) is 0 Å². The van der Waals surface area contributed by atoms with E-state index in [4.69, 9.17) is 30.9 Å². The topological polar surface area (TPSA) is 102 Å². The predicted octanol–water partition coefficient (Wildman–Crippen LogP) is 3.93. The number of nitrogens with zero attached hydrogens (tertiary/aromatic N) is 1. The van der Waals surface area contributed by atoms with Gasteiger partial charge in [-0.1, -0.05) is 29.8 Å². The van der Waals surface area contributed by atoms with Crippen molar-refractivity contribution in [3.63, 3.8) is 0 Å². The summed E-state index contributed by atoms with van der Waals surface area (Å²) in [4.78, 5) is 37.0. The number of amides is 2. The van der Waals surface area contributed by atoms with Crippen molar-refractivity contribution in [3.8, 4) is 17.2 Å². The number of carboxylic acid groups (broad SMARTS) is 1. The highest BCUT2D eigenvalue weighted by molar-refractivity contribution is 8.18. The summed E-state index contributed by atoms with van der Waals surface area (Å²) in [5, 5.41) is 8.49. The minimum absolute atomic E-state index is 0.0786. The van der Waals surface area contributed by atoms with Gasteiger partial charge in [0.15, 0.2) is 18.1 Å². The van der Waals surface area contributed by atoms with Crippen LogP contribution >= 0.6 is 23.4 Å². The fourth-order valence-electron chi connectivity index (χ4n) is 2.71. The molecular formula is C21H18ClNO7S. The summed E-state index contributed by atoms with van der Waals surface area (Å²) in [7, 11) is 1.38. The smallest absolute Gasteiger partial charge is 0.341 e. The number of rotatable bonds is 9. The molecule has 2 aromatic carbocycles. The standard InChI is InChI=1S/C21H18ClNO7S/c1-28-16-10-13(9-15(22)19(16)30-12-18(24)25)11-17-20(26)23(21(27)31-17)7-8-29-14-5-3-2-4-6-14/h2-6,9-11H,7-8,12H2,1H3,(H,24,25)/b17-11-. The number of methoxy groups -OCH3 is 1. The zero-order valence-corrected chi connectivity index (χ0v) is 17.9. The number of hydrogen-bond donors (Lipinski definition) is 1. The largest absolute Gasteiger partial charge is 0.493 e. The first-order chi connectivity index (χ1) is 14.9. The quantitative estimate of drug-likeness (QED) is 0.558. The second-order valence-electron chi connectivity index (χ2n) is 6.21. The second kappa shape index (κ2) is 10.2. The van der Waals surface area contributed by atoms with Crippen LogP contribution in [0.25, 0.3) is 6.08 Å². The molecule has 0 radical (unpaired) electrons. The summed E-state index contributed by atoms with van der Waals surface area (Å²) in [6.07, 6.45) is 1.51. The van der Waals surface area contributed by atoms with E-state index in [9.17, 15) is 14.4 Å². The fraction of sp³-hybridized carbons (Fsp3) is 0.190. The highest BCUT2D eigenvalue weighted by Gasteiger charge is 2.35. The number of carbonyl (C=O) groups is 3. The van der Waals surface area contributed by atoms with Crippen molar-refractivity contribution in [2.24, 2.45) is 0 Å². The molecule has 0 atom stereocenters. The van der Waals surface area contributed by atoms with Crippen LogP contribution in [0.15, 0.2) is 47.4 Å². The van der Waals surface area contributed by atoms with E-state index in [0.29, 0.717) is 11.3 Å². The van der Waals surface area contributed by atoms with Crippen molar-refractivity contribution in [2.75, 3.05) is 26.9 Å². The van der Waals surface area contributed by atoms with E-state index in [2.05, 4.69) is 0 Å². The van der Waals surface area contributed by atoms with E-state index in [0.717, 1.165) is 16.7 Å². The molecular weight excluding hydrogens is 446 g/mol. The molecule has 0 saturated carbocycles. The van der Waals surface area contributed by atoms with Crippen molar-refractivity contribution < 1.29 is 33.7 Å². The number of halogens is 1. The molecule has 3 rings (SSSR count). The first-order valence-electron chi connectivity index (χ1n) is 9.04. The molecule has 2 amide bonds. The lowest BCUT2D eigenvalue weighted by Gasteiger charge is -2.13. The van der Waals surface area contributed by atoms with Crippen molar-refractivity contribution in [1.29, 1.82) is 0 Å². The Hall–Kier alpha value is -3.17. The molecule has 1 N–H and O–H groups in total. The molecule has 1 aliphatic heterocycles. The van der Waals surface area contributed by atoms with Crippen LogP contribution in [0.3, 0.4) is 0 Å². The molecule has 1 heterocycles. The number of para-hydroxylation sites is 1. The Kier molecular flexibility index (Phi) is 7.43. The maximum Gasteiger partial charge on any atom is 0.341 e. The molecule has 0 unspecified atom stereocenters. The third-order valence-electron chi connectivity index (χ3n) is 4.09. The van der Waals surface area contributed by atoms with Crippen molar-refractivity contribution >= 4 is 46.6 Å². The molecule has 0 aliphatic carbocycles. The van der Waals surface area contributed by atoms with Gasteiger partial charge in [-0.3, -0.25) is 14.5 Å². The van der Waals surface area contributed by atoms with Gasteiger partial charge >= 0.3 is 5.97 Å². The van der Waals surface area contributed by atoms with Crippen LogP contribution in [0.4, 0.5) is 4.79 Å². The summed E-state index contributed by atoms with van der Waals surface area (Å²) < 4.78 is 15.9.